The number of nitrogens with zero attached hydrogens (tertiary/aromatic N) is 4. The molecular formula is C19H18N6O. The lowest BCUT2D eigenvalue weighted by atomic mass is 9.90. The number of furan rings is 1. The number of rotatable bonds is 3. The molecule has 0 amide bonds. The van der Waals surface area contributed by atoms with E-state index < -0.39 is 0 Å². The number of anilines is 1. The molecule has 0 radical (unpaired) electrons. The number of aryl methyl sites for hydroxylation is 1. The van der Waals surface area contributed by atoms with Crippen LogP contribution in [0.1, 0.15) is 35.1 Å². The predicted octanol–water partition coefficient (Wildman–Crippen LogP) is 2.70. The Morgan fingerprint density at radius 3 is 2.92 bits per heavy atom. The molecule has 1 aromatic carbocycles. The van der Waals surface area contributed by atoms with Gasteiger partial charge in [0.15, 0.2) is 11.4 Å². The van der Waals surface area contributed by atoms with E-state index in [4.69, 9.17) is 15.9 Å². The van der Waals surface area contributed by atoms with Crippen LogP contribution in [0.3, 0.4) is 0 Å². The van der Waals surface area contributed by atoms with Crippen LogP contribution in [-0.4, -0.2) is 19.6 Å². The van der Waals surface area contributed by atoms with E-state index in [9.17, 15) is 0 Å². The molecule has 1 aliphatic rings. The molecule has 5 rings (SSSR count). The Hall–Kier alpha value is -3.19. The van der Waals surface area contributed by atoms with Crippen molar-refractivity contribution < 1.29 is 4.42 Å². The number of nitrogen functional groups attached to an aromatic ring is 1. The molecule has 2 atom stereocenters. The third kappa shape index (κ3) is 2.21. The number of hydrogen-bond donors (Lipinski definition) is 2. The SMILES string of the molecule is Nc1ncc(C(N)C2CCc3ccccc32)c2nc(-c3ccco3)nn12. The molecule has 4 N–H and O–H groups in total. The average Bonchev–Trinajstić information content (AvgIpc) is 3.39. The van der Waals surface area contributed by atoms with Crippen molar-refractivity contribution in [1.82, 2.24) is 19.6 Å². The van der Waals surface area contributed by atoms with Crippen molar-refractivity contribution in [3.05, 3.63) is 65.5 Å². The molecule has 7 heteroatoms. The van der Waals surface area contributed by atoms with E-state index in [0.717, 1.165) is 18.4 Å². The van der Waals surface area contributed by atoms with Crippen LogP contribution < -0.4 is 11.5 Å². The Kier molecular flexibility index (Phi) is 3.29. The van der Waals surface area contributed by atoms with Crippen LogP contribution >= 0.6 is 0 Å². The minimum Gasteiger partial charge on any atom is -0.461 e. The van der Waals surface area contributed by atoms with Gasteiger partial charge in [0.2, 0.25) is 11.8 Å². The van der Waals surface area contributed by atoms with E-state index in [1.807, 2.05) is 6.07 Å². The maximum absolute atomic E-state index is 6.67. The molecule has 130 valence electrons. The van der Waals surface area contributed by atoms with E-state index in [2.05, 4.69) is 39.3 Å². The zero-order valence-corrected chi connectivity index (χ0v) is 14.0. The molecule has 0 fully saturated rings. The second-order valence-electron chi connectivity index (χ2n) is 6.59. The third-order valence-corrected chi connectivity index (χ3v) is 5.13. The second kappa shape index (κ2) is 5.67. The van der Waals surface area contributed by atoms with Gasteiger partial charge in [-0.3, -0.25) is 0 Å². The van der Waals surface area contributed by atoms with E-state index in [0.29, 0.717) is 17.2 Å². The molecule has 3 aromatic heterocycles. The Labute approximate surface area is 149 Å². The summed E-state index contributed by atoms with van der Waals surface area (Å²) in [5.41, 5.74) is 16.8. The van der Waals surface area contributed by atoms with E-state index in [1.165, 1.54) is 15.6 Å². The number of benzene rings is 1. The number of aromatic nitrogens is 4. The lowest BCUT2D eigenvalue weighted by Crippen LogP contribution is -2.20. The molecule has 1 aliphatic carbocycles. The molecule has 0 aliphatic heterocycles. The first kappa shape index (κ1) is 15.1. The summed E-state index contributed by atoms with van der Waals surface area (Å²) in [6.07, 6.45) is 5.36. The van der Waals surface area contributed by atoms with Gasteiger partial charge < -0.3 is 15.9 Å². The Morgan fingerprint density at radius 1 is 1.19 bits per heavy atom. The van der Waals surface area contributed by atoms with Crippen LogP contribution in [0.2, 0.25) is 0 Å². The molecule has 0 spiro atoms. The predicted molar refractivity (Wildman–Crippen MR) is 97.3 cm³/mol. The van der Waals surface area contributed by atoms with Crippen molar-refractivity contribution in [1.29, 1.82) is 0 Å². The van der Waals surface area contributed by atoms with Gasteiger partial charge in [0.25, 0.3) is 0 Å². The molecule has 4 aromatic rings. The van der Waals surface area contributed by atoms with E-state index in [-0.39, 0.29) is 17.9 Å². The van der Waals surface area contributed by atoms with Crippen molar-refractivity contribution >= 4 is 11.6 Å². The highest BCUT2D eigenvalue weighted by Crippen LogP contribution is 2.41. The fourth-order valence-corrected chi connectivity index (χ4v) is 3.83. The summed E-state index contributed by atoms with van der Waals surface area (Å²) < 4.78 is 6.94. The average molecular weight is 346 g/mol. The van der Waals surface area contributed by atoms with Crippen molar-refractivity contribution in [3.63, 3.8) is 0 Å². The topological polar surface area (TPSA) is 108 Å². The summed E-state index contributed by atoms with van der Waals surface area (Å²) in [5.74, 6) is 1.55. The number of hydrogen-bond acceptors (Lipinski definition) is 6. The fourth-order valence-electron chi connectivity index (χ4n) is 3.83. The van der Waals surface area contributed by atoms with Gasteiger partial charge in [-0.25, -0.2) is 9.97 Å². The molecule has 7 nitrogen and oxygen atoms in total. The summed E-state index contributed by atoms with van der Waals surface area (Å²) >= 11 is 0. The van der Waals surface area contributed by atoms with Crippen LogP contribution in [0.4, 0.5) is 5.95 Å². The number of nitrogens with two attached hydrogens (primary N) is 2. The Bertz CT molecular complexity index is 1080. The van der Waals surface area contributed by atoms with Gasteiger partial charge in [-0.15, -0.1) is 5.10 Å². The third-order valence-electron chi connectivity index (χ3n) is 5.13. The summed E-state index contributed by atoms with van der Waals surface area (Å²) in [6.45, 7) is 0. The molecular weight excluding hydrogens is 328 g/mol. The fraction of sp³-hybridized carbons (Fsp3) is 0.211. The summed E-state index contributed by atoms with van der Waals surface area (Å²) in [5, 5.41) is 4.44. The summed E-state index contributed by atoms with van der Waals surface area (Å²) in [6, 6.07) is 11.8. The van der Waals surface area contributed by atoms with Crippen LogP contribution in [0.5, 0.6) is 0 Å². The lowest BCUT2D eigenvalue weighted by molar-refractivity contribution is 0.550. The van der Waals surface area contributed by atoms with Gasteiger partial charge in [-0.05, 0) is 36.1 Å². The molecule has 0 bridgehead atoms. The normalized spacial score (nSPS) is 17.5. The van der Waals surface area contributed by atoms with Gasteiger partial charge >= 0.3 is 0 Å². The lowest BCUT2D eigenvalue weighted by Gasteiger charge is -2.20. The Morgan fingerprint density at radius 2 is 2.08 bits per heavy atom. The van der Waals surface area contributed by atoms with Crippen molar-refractivity contribution in [3.8, 4) is 11.6 Å². The van der Waals surface area contributed by atoms with Gasteiger partial charge in [0.1, 0.15) is 0 Å². The van der Waals surface area contributed by atoms with Gasteiger partial charge in [0.05, 0.1) is 6.26 Å². The summed E-state index contributed by atoms with van der Waals surface area (Å²) in [7, 11) is 0. The Balaban J connectivity index is 1.62. The molecule has 0 saturated heterocycles. The standard InChI is InChI=1S/C19H18N6O/c20-16(13-8-7-11-4-1-2-5-12(11)13)14-10-22-19(21)25-18(14)23-17(24-25)15-6-3-9-26-15/h1-6,9-10,13,16H,7-8,20H2,(H2,21,22). The zero-order chi connectivity index (χ0) is 17.7. The van der Waals surface area contributed by atoms with Crippen molar-refractivity contribution in [2.45, 2.75) is 24.8 Å². The minimum absolute atomic E-state index is 0.226. The van der Waals surface area contributed by atoms with Crippen LogP contribution in [0.15, 0.2) is 53.3 Å². The largest absolute Gasteiger partial charge is 0.461 e. The van der Waals surface area contributed by atoms with E-state index >= 15 is 0 Å². The van der Waals surface area contributed by atoms with Crippen LogP contribution in [0.25, 0.3) is 17.2 Å². The first-order chi connectivity index (χ1) is 12.7. The molecule has 26 heavy (non-hydrogen) atoms. The van der Waals surface area contributed by atoms with E-state index in [1.54, 1.807) is 18.5 Å². The quantitative estimate of drug-likeness (QED) is 0.590. The smallest absolute Gasteiger partial charge is 0.223 e. The molecule has 2 unspecified atom stereocenters. The first-order valence-electron chi connectivity index (χ1n) is 8.61. The molecule has 0 saturated carbocycles. The number of fused-ring (bicyclic) bond motifs is 2. The maximum Gasteiger partial charge on any atom is 0.223 e. The van der Waals surface area contributed by atoms with Crippen molar-refractivity contribution in [2.75, 3.05) is 5.73 Å². The van der Waals surface area contributed by atoms with Crippen LogP contribution in [-0.2, 0) is 6.42 Å². The highest BCUT2D eigenvalue weighted by Gasteiger charge is 2.30. The monoisotopic (exact) mass is 346 g/mol. The molecule has 3 heterocycles. The van der Waals surface area contributed by atoms with Gasteiger partial charge in [-0.1, -0.05) is 24.3 Å². The van der Waals surface area contributed by atoms with Crippen LogP contribution in [0, 0.1) is 0 Å². The van der Waals surface area contributed by atoms with Crippen molar-refractivity contribution in [2.24, 2.45) is 5.73 Å². The highest BCUT2D eigenvalue weighted by molar-refractivity contribution is 5.59. The first-order valence-corrected chi connectivity index (χ1v) is 8.61. The van der Waals surface area contributed by atoms with Gasteiger partial charge in [-0.2, -0.15) is 4.52 Å². The zero-order valence-electron chi connectivity index (χ0n) is 14.0. The minimum atomic E-state index is -0.233. The second-order valence-corrected chi connectivity index (χ2v) is 6.59. The summed E-state index contributed by atoms with van der Waals surface area (Å²) in [4.78, 5) is 8.90. The highest BCUT2D eigenvalue weighted by atomic mass is 16.3. The maximum atomic E-state index is 6.67. The van der Waals surface area contributed by atoms with Gasteiger partial charge in [0, 0.05) is 23.7 Å².